The number of nitrogens with one attached hydrogen (secondary N) is 1. The van der Waals surface area contributed by atoms with E-state index in [0.717, 1.165) is 17.6 Å². The summed E-state index contributed by atoms with van der Waals surface area (Å²) < 4.78 is 44.9. The molecule has 20 heavy (non-hydrogen) atoms. The van der Waals surface area contributed by atoms with Crippen LogP contribution in [-0.4, -0.2) is 15.5 Å². The molecule has 0 aliphatic rings. The number of rotatable bonds is 4. The van der Waals surface area contributed by atoms with Gasteiger partial charge in [0.25, 0.3) is 5.91 Å². The average Bonchev–Trinajstić information content (AvgIpc) is 2.92. The molecule has 0 aliphatic carbocycles. The lowest BCUT2D eigenvalue weighted by atomic mass is 10.1. The summed E-state index contributed by atoms with van der Waals surface area (Å²) in [6.07, 6.45) is 1.35. The molecule has 9 heteroatoms. The third-order valence-corrected chi connectivity index (χ3v) is 3.68. The molecule has 106 valence electrons. The molecule has 0 unspecified atom stereocenters. The minimum atomic E-state index is -3.97. The second-order valence-electron chi connectivity index (χ2n) is 3.74. The second kappa shape index (κ2) is 5.88. The van der Waals surface area contributed by atoms with Gasteiger partial charge in [0, 0.05) is 0 Å². The third-order valence-electron chi connectivity index (χ3n) is 2.41. The van der Waals surface area contributed by atoms with Crippen LogP contribution in [0.1, 0.15) is 10.4 Å². The molecule has 2 aromatic rings. The maximum atomic E-state index is 13.9. The van der Waals surface area contributed by atoms with E-state index < -0.39 is 23.2 Å². The van der Waals surface area contributed by atoms with Crippen molar-refractivity contribution in [1.82, 2.24) is 14.9 Å². The van der Waals surface area contributed by atoms with Crippen molar-refractivity contribution in [2.45, 2.75) is 12.5 Å². The predicted molar refractivity (Wildman–Crippen MR) is 69.7 cm³/mol. The zero-order valence-corrected chi connectivity index (χ0v) is 12.1. The second-order valence-corrected chi connectivity index (χ2v) is 5.47. The van der Waals surface area contributed by atoms with Crippen molar-refractivity contribution in [2.75, 3.05) is 0 Å². The van der Waals surface area contributed by atoms with E-state index in [1.54, 1.807) is 0 Å². The van der Waals surface area contributed by atoms with E-state index in [4.69, 9.17) is 0 Å². The van der Waals surface area contributed by atoms with Crippen molar-refractivity contribution in [3.8, 4) is 0 Å². The first-order valence-corrected chi connectivity index (χ1v) is 6.86. The summed E-state index contributed by atoms with van der Waals surface area (Å²) in [6, 6.07) is 3.38. The molecule has 1 amide bonds. The number of nitrogens with zero attached hydrogens (tertiary/aromatic N) is 2. The molecule has 1 aromatic carbocycles. The number of hydrogen-bond donors (Lipinski definition) is 1. The lowest BCUT2D eigenvalue weighted by molar-refractivity contribution is -0.147. The van der Waals surface area contributed by atoms with Crippen LogP contribution >= 0.6 is 27.5 Å². The van der Waals surface area contributed by atoms with Crippen molar-refractivity contribution in [3.05, 3.63) is 45.1 Å². The SMILES string of the molecule is O=C(NCc1cnns1)C(F)(F)c1cccc(Br)c1F. The highest BCUT2D eigenvalue weighted by Gasteiger charge is 2.43. The van der Waals surface area contributed by atoms with Gasteiger partial charge in [0.2, 0.25) is 0 Å². The van der Waals surface area contributed by atoms with Gasteiger partial charge in [-0.2, -0.15) is 8.78 Å². The number of hydrogen-bond acceptors (Lipinski definition) is 4. The zero-order valence-electron chi connectivity index (χ0n) is 9.74. The molecule has 4 nitrogen and oxygen atoms in total. The standard InChI is InChI=1S/C11H7BrF3N3OS/c12-8-3-1-2-7(9(8)13)11(14,15)10(19)16-4-6-5-17-18-20-6/h1-3,5H,4H2,(H,16,19). The highest BCUT2D eigenvalue weighted by molar-refractivity contribution is 9.10. The zero-order chi connectivity index (χ0) is 14.8. The Hall–Kier alpha value is -1.48. The summed E-state index contributed by atoms with van der Waals surface area (Å²) in [5.41, 5.74) is -0.980. The molecule has 0 saturated carbocycles. The Kier molecular flexibility index (Phi) is 4.39. The van der Waals surface area contributed by atoms with Crippen LogP contribution in [-0.2, 0) is 17.3 Å². The normalized spacial score (nSPS) is 11.4. The van der Waals surface area contributed by atoms with E-state index in [0.29, 0.717) is 4.88 Å². The number of amides is 1. The van der Waals surface area contributed by atoms with Gasteiger partial charge >= 0.3 is 5.92 Å². The summed E-state index contributed by atoms with van der Waals surface area (Å²) in [5.74, 6) is -6.71. The minimum Gasteiger partial charge on any atom is -0.346 e. The highest BCUT2D eigenvalue weighted by Crippen LogP contribution is 2.33. The molecule has 0 bridgehead atoms. The molecule has 1 aromatic heterocycles. The Balaban J connectivity index is 2.16. The summed E-state index contributed by atoms with van der Waals surface area (Å²) >= 11 is 3.78. The van der Waals surface area contributed by atoms with Crippen LogP contribution in [0.2, 0.25) is 0 Å². The van der Waals surface area contributed by atoms with Gasteiger partial charge in [0.1, 0.15) is 5.82 Å². The number of carbonyl (C=O) groups is 1. The minimum absolute atomic E-state index is 0.130. The molecule has 0 spiro atoms. The maximum Gasteiger partial charge on any atom is 0.352 e. The first-order chi connectivity index (χ1) is 9.43. The van der Waals surface area contributed by atoms with Crippen molar-refractivity contribution in [1.29, 1.82) is 0 Å². The van der Waals surface area contributed by atoms with E-state index in [-0.39, 0.29) is 11.0 Å². The van der Waals surface area contributed by atoms with Gasteiger partial charge in [0.15, 0.2) is 0 Å². The molecule has 0 radical (unpaired) electrons. The van der Waals surface area contributed by atoms with Gasteiger partial charge in [-0.25, -0.2) is 4.39 Å². The van der Waals surface area contributed by atoms with Crippen LogP contribution in [0.25, 0.3) is 0 Å². The Labute approximate surface area is 124 Å². The molecular weight excluding hydrogens is 359 g/mol. The number of carbonyl (C=O) groups excluding carboxylic acids is 1. The molecule has 0 saturated heterocycles. The molecule has 0 fully saturated rings. The van der Waals surface area contributed by atoms with Crippen molar-refractivity contribution < 1.29 is 18.0 Å². The van der Waals surface area contributed by atoms with Gasteiger partial charge < -0.3 is 5.32 Å². The third kappa shape index (κ3) is 2.98. The summed E-state index contributed by atoms with van der Waals surface area (Å²) in [5, 5.41) is 5.54. The number of halogens is 4. The number of benzene rings is 1. The quantitative estimate of drug-likeness (QED) is 0.906. The monoisotopic (exact) mass is 365 g/mol. The topological polar surface area (TPSA) is 54.9 Å². The van der Waals surface area contributed by atoms with Crippen molar-refractivity contribution in [2.24, 2.45) is 0 Å². The summed E-state index contributed by atoms with van der Waals surface area (Å²) in [6.45, 7) is -0.137. The summed E-state index contributed by atoms with van der Waals surface area (Å²) in [7, 11) is 0. The first-order valence-electron chi connectivity index (χ1n) is 5.29. The molecule has 0 aliphatic heterocycles. The van der Waals surface area contributed by atoms with Gasteiger partial charge in [-0.05, 0) is 39.6 Å². The van der Waals surface area contributed by atoms with E-state index in [1.807, 2.05) is 5.32 Å². The largest absolute Gasteiger partial charge is 0.352 e. The number of aromatic nitrogens is 2. The van der Waals surface area contributed by atoms with Crippen LogP contribution in [0.5, 0.6) is 0 Å². The van der Waals surface area contributed by atoms with E-state index in [2.05, 4.69) is 25.5 Å². The Bertz CT molecular complexity index is 621. The van der Waals surface area contributed by atoms with Crippen LogP contribution in [0.4, 0.5) is 13.2 Å². The maximum absolute atomic E-state index is 13.9. The van der Waals surface area contributed by atoms with Gasteiger partial charge in [-0.3, -0.25) is 4.79 Å². The van der Waals surface area contributed by atoms with Crippen LogP contribution in [0.15, 0.2) is 28.9 Å². The molecule has 1 heterocycles. The Morgan fingerprint density at radius 2 is 2.20 bits per heavy atom. The Morgan fingerprint density at radius 3 is 2.85 bits per heavy atom. The van der Waals surface area contributed by atoms with E-state index in [1.165, 1.54) is 18.3 Å². The van der Waals surface area contributed by atoms with Crippen molar-refractivity contribution >= 4 is 33.4 Å². The lowest BCUT2D eigenvalue weighted by Gasteiger charge is -2.17. The fraction of sp³-hybridized carbons (Fsp3) is 0.182. The highest BCUT2D eigenvalue weighted by atomic mass is 79.9. The van der Waals surface area contributed by atoms with Gasteiger partial charge in [-0.15, -0.1) is 5.10 Å². The fourth-order valence-corrected chi connectivity index (χ4v) is 2.21. The van der Waals surface area contributed by atoms with Gasteiger partial charge in [0.05, 0.1) is 27.7 Å². The smallest absolute Gasteiger partial charge is 0.346 e. The van der Waals surface area contributed by atoms with Crippen LogP contribution in [0.3, 0.4) is 0 Å². The van der Waals surface area contributed by atoms with Gasteiger partial charge in [-0.1, -0.05) is 10.6 Å². The molecule has 0 atom stereocenters. The first kappa shape index (κ1) is 14.9. The summed E-state index contributed by atoms with van der Waals surface area (Å²) in [4.78, 5) is 12.1. The molecular formula is C11H7BrF3N3OS. The molecule has 1 N–H and O–H groups in total. The van der Waals surface area contributed by atoms with Crippen molar-refractivity contribution in [3.63, 3.8) is 0 Å². The fourth-order valence-electron chi connectivity index (χ4n) is 1.41. The lowest BCUT2D eigenvalue weighted by Crippen LogP contribution is -2.38. The van der Waals surface area contributed by atoms with E-state index >= 15 is 0 Å². The molecule has 2 rings (SSSR count). The van der Waals surface area contributed by atoms with Crippen LogP contribution < -0.4 is 5.32 Å². The predicted octanol–water partition coefficient (Wildman–Crippen LogP) is 2.85. The Morgan fingerprint density at radius 1 is 1.45 bits per heavy atom. The number of alkyl halides is 2. The average molecular weight is 366 g/mol. The van der Waals surface area contributed by atoms with Crippen LogP contribution in [0, 0.1) is 5.82 Å². The van der Waals surface area contributed by atoms with E-state index in [9.17, 15) is 18.0 Å².